The lowest BCUT2D eigenvalue weighted by Gasteiger charge is -2.33. The minimum atomic E-state index is -6.04. The molecule has 0 amide bonds. The number of rotatable bonds is 51. The minimum absolute atomic E-state index is 0.0386. The highest BCUT2D eigenvalue weighted by molar-refractivity contribution is 5.78. The van der Waals surface area contributed by atoms with Gasteiger partial charge in [-0.1, -0.05) is 159 Å². The quantitative estimate of drug-likeness (QED) is 0.0323. The summed E-state index contributed by atoms with van der Waals surface area (Å²) in [5, 5.41) is 0. The zero-order valence-electron chi connectivity index (χ0n) is 89.3. The van der Waals surface area contributed by atoms with Crippen LogP contribution in [0.3, 0.4) is 0 Å². The van der Waals surface area contributed by atoms with Gasteiger partial charge in [-0.25, -0.2) is 48.3 Å². The third kappa shape index (κ3) is 60.3. The number of esters is 6. The lowest BCUT2D eigenvalue weighted by molar-refractivity contribution is -0.301. The van der Waals surface area contributed by atoms with E-state index in [0.717, 1.165) is 116 Å². The summed E-state index contributed by atoms with van der Waals surface area (Å²) < 4.78 is 429. The molecule has 0 bridgehead atoms. The number of hydrogen-bond donors (Lipinski definition) is 0. The molecule has 7 unspecified atom stereocenters. The first-order valence-electron chi connectivity index (χ1n) is 51.3. The SMILES string of the molecule is CCC(C)(C)C(=O)OC(CCC(F)(F)CC(F)(F)C(F)(F)F)CC(C)C.CCC(C)(C)C(=O)OC(CCC(F)(F)CC(F)(F)F)C1CCCC1.CCC(C)(C)C(=O)OC(CCC(F)(F)CC(F)(F)F)C1CCCCC1.CCC(C)(C)C(=O)OC(CCC(F)(F)CC(F)(F)F)CC1CCCC1.CCC(C)(C)C(=O)OC(CCC(F)(F)CC(F)(F)F)CC1CCCCC1.CCCC(CC(C)(F)C(F)(F)F)OC(=O)C(C)(C)CC. The summed E-state index contributed by atoms with van der Waals surface area (Å²) in [5.74, 6) is -27.7. The van der Waals surface area contributed by atoms with Gasteiger partial charge in [0.1, 0.15) is 62.3 Å². The van der Waals surface area contributed by atoms with Crippen LogP contribution in [0.4, 0.5) is 136 Å². The second-order valence-electron chi connectivity index (χ2n) is 44.8. The van der Waals surface area contributed by atoms with E-state index in [-0.39, 0.29) is 62.2 Å². The summed E-state index contributed by atoms with van der Waals surface area (Å²) in [6.07, 6.45) is -32.2. The topological polar surface area (TPSA) is 158 Å². The molecule has 0 saturated heterocycles. The summed E-state index contributed by atoms with van der Waals surface area (Å²) in [7, 11) is 0. The minimum Gasteiger partial charge on any atom is -0.462 e. The van der Waals surface area contributed by atoms with Crippen molar-refractivity contribution in [2.75, 3.05) is 0 Å². The van der Waals surface area contributed by atoms with E-state index in [2.05, 4.69) is 0 Å². The van der Waals surface area contributed by atoms with Gasteiger partial charge in [-0.3, -0.25) is 28.8 Å². The summed E-state index contributed by atoms with van der Waals surface area (Å²) in [6.45, 7) is 36.8. The Morgan fingerprint density at radius 2 is 0.479 bits per heavy atom. The van der Waals surface area contributed by atoms with Crippen molar-refractivity contribution in [3.8, 4) is 0 Å². The Bertz CT molecular complexity index is 3690. The highest BCUT2D eigenvalue weighted by Gasteiger charge is 2.62. The molecular weight excluding hydrogens is 2020 g/mol. The van der Waals surface area contributed by atoms with E-state index in [1.807, 2.05) is 27.7 Å². The monoisotopic (exact) mass is 2190 g/mol. The van der Waals surface area contributed by atoms with Crippen molar-refractivity contribution in [3.63, 3.8) is 0 Å². The number of halogens is 31. The molecule has 0 aromatic heterocycles. The second kappa shape index (κ2) is 60.5. The van der Waals surface area contributed by atoms with Crippen LogP contribution >= 0.6 is 0 Å². The third-order valence-corrected chi connectivity index (χ3v) is 28.1. The molecule has 0 N–H and O–H groups in total. The van der Waals surface area contributed by atoms with Crippen molar-refractivity contribution < 1.29 is 193 Å². The van der Waals surface area contributed by atoms with E-state index in [4.69, 9.17) is 28.4 Å². The van der Waals surface area contributed by atoms with Crippen LogP contribution in [0.25, 0.3) is 0 Å². The van der Waals surface area contributed by atoms with E-state index in [1.165, 1.54) is 0 Å². The maximum atomic E-state index is 13.7. The normalized spacial score (nSPS) is 17.9. The molecule has 4 fully saturated rings. The highest BCUT2D eigenvalue weighted by Crippen LogP contribution is 2.49. The Balaban J connectivity index is 0. The van der Waals surface area contributed by atoms with Crippen molar-refractivity contribution >= 4 is 35.8 Å². The smallest absolute Gasteiger partial charge is 0.453 e. The van der Waals surface area contributed by atoms with Crippen LogP contribution in [-0.4, -0.2) is 151 Å². The Morgan fingerprint density at radius 1 is 0.260 bits per heavy atom. The van der Waals surface area contributed by atoms with Crippen LogP contribution < -0.4 is 0 Å². The fourth-order valence-corrected chi connectivity index (χ4v) is 15.9. The molecule has 43 heteroatoms. The van der Waals surface area contributed by atoms with E-state index in [1.54, 1.807) is 118 Å². The predicted molar refractivity (Wildman–Crippen MR) is 494 cm³/mol. The molecule has 0 radical (unpaired) electrons. The van der Waals surface area contributed by atoms with Crippen LogP contribution in [0.15, 0.2) is 0 Å². The first-order valence-corrected chi connectivity index (χ1v) is 51.3. The maximum Gasteiger partial charge on any atom is 0.453 e. The van der Waals surface area contributed by atoms with Crippen molar-refractivity contribution in [2.24, 2.45) is 62.1 Å². The summed E-state index contributed by atoms with van der Waals surface area (Å²) >= 11 is 0. The van der Waals surface area contributed by atoms with Gasteiger partial charge in [-0.05, 0) is 242 Å². The van der Waals surface area contributed by atoms with Crippen molar-refractivity contribution in [2.45, 2.75) is 556 Å². The lowest BCUT2D eigenvalue weighted by Crippen LogP contribution is -2.42. The zero-order chi connectivity index (χ0) is 114. The Morgan fingerprint density at radius 3 is 0.719 bits per heavy atom. The van der Waals surface area contributed by atoms with Gasteiger partial charge in [0.25, 0.3) is 29.6 Å². The summed E-state index contributed by atoms with van der Waals surface area (Å²) in [6, 6.07) is 0. The maximum absolute atomic E-state index is 13.7. The van der Waals surface area contributed by atoms with Crippen molar-refractivity contribution in [1.82, 2.24) is 0 Å². The predicted octanol–water partition coefficient (Wildman–Crippen LogP) is 36.3. The van der Waals surface area contributed by atoms with E-state index in [9.17, 15) is 165 Å². The molecule has 0 spiro atoms. The first kappa shape index (κ1) is 143. The van der Waals surface area contributed by atoms with Gasteiger partial charge in [0.2, 0.25) is 5.67 Å². The Hall–Kier alpha value is -5.35. The molecule has 4 saturated carbocycles. The van der Waals surface area contributed by atoms with Gasteiger partial charge in [0.15, 0.2) is 0 Å². The van der Waals surface area contributed by atoms with Crippen LogP contribution in [0.5, 0.6) is 0 Å². The van der Waals surface area contributed by atoms with Gasteiger partial charge in [-0.15, -0.1) is 0 Å². The van der Waals surface area contributed by atoms with E-state index < -0.39 is 260 Å². The average molecular weight is 2190 g/mol. The number of alkyl halides is 31. The molecule has 0 heterocycles. The van der Waals surface area contributed by atoms with Crippen LogP contribution in [0, 0.1) is 62.1 Å². The molecule has 0 aromatic rings. The number of carbonyl (C=O) groups excluding carboxylic acids is 6. The van der Waals surface area contributed by atoms with Gasteiger partial charge in [0.05, 0.1) is 38.9 Å². The largest absolute Gasteiger partial charge is 0.462 e. The third-order valence-electron chi connectivity index (χ3n) is 28.1. The number of hydrogen-bond acceptors (Lipinski definition) is 12. The van der Waals surface area contributed by atoms with Gasteiger partial charge in [0, 0.05) is 38.5 Å². The first-order chi connectivity index (χ1) is 65.7. The molecule has 4 aliphatic carbocycles. The Labute approximate surface area is 844 Å². The van der Waals surface area contributed by atoms with E-state index in [0.29, 0.717) is 70.6 Å². The molecule has 4 rings (SSSR count). The molecule has 4 aliphatic rings. The standard InChI is InChI=1S/C19H31F5O2.2C18H29F5O2.C17H27F7O2.C17H27F5O2.C14H24F4O2/c1-4-17(2,3)16(25)26-15(12-14-8-6-5-7-9-14)10-11-18(20,21)13-19(22,23)24;1-4-16(2,3)15(24)25-14(11-13-7-5-6-8-13)9-10-17(19,20)12-18(21,22)23;1-4-16(2,3)15(24)25-14(13-8-6-5-7-9-13)10-11-17(19,20)12-18(21,22)23;1-6-14(4,5)13(25)26-12(9-11(2)3)7-8-15(18,19)10-16(20,21)17(22,23)24;1-4-15(2,3)14(23)24-13(12-7-5-6-8-12)9-10-16(18,19)11-17(20,21)22;1-6-8-10(9-13(5,15)14(16,17)18)20-11(19)12(3,4)7-2/h14-15H,4-13H2,1-3H3;2*13-14H,4-12H2,1-3H3;11-12H,6-10H2,1-5H3;12-13H,4-11H2,1-3H3;10H,6-9H2,1-5H3. The van der Waals surface area contributed by atoms with Gasteiger partial charge >= 0.3 is 78.8 Å². The number of ether oxygens (including phenoxy) is 6. The summed E-state index contributed by atoms with van der Waals surface area (Å²) in [4.78, 5) is 73.1. The molecule has 146 heavy (non-hydrogen) atoms. The van der Waals surface area contributed by atoms with Crippen molar-refractivity contribution in [1.29, 1.82) is 0 Å². The molecule has 0 aromatic carbocycles. The average Bonchev–Trinajstić information content (AvgIpc) is 1.01. The van der Waals surface area contributed by atoms with Gasteiger partial charge in [-0.2, -0.15) is 87.8 Å². The lowest BCUT2D eigenvalue weighted by atomic mass is 9.82. The van der Waals surface area contributed by atoms with Crippen LogP contribution in [-0.2, 0) is 57.2 Å². The van der Waals surface area contributed by atoms with Crippen LogP contribution in [0.2, 0.25) is 0 Å². The number of carbonyl (C=O) groups is 6. The molecular formula is C103H167F31O12. The molecule has 868 valence electrons. The highest BCUT2D eigenvalue weighted by atomic mass is 19.4. The fraction of sp³-hybridized carbons (Fsp3) is 0.942. The zero-order valence-corrected chi connectivity index (χ0v) is 89.3. The Kier molecular flexibility index (Phi) is 59.1. The van der Waals surface area contributed by atoms with Crippen LogP contribution in [0.1, 0.15) is 441 Å². The second-order valence-corrected chi connectivity index (χ2v) is 44.8. The van der Waals surface area contributed by atoms with Crippen molar-refractivity contribution in [3.05, 3.63) is 0 Å². The van der Waals surface area contributed by atoms with Gasteiger partial charge < -0.3 is 28.4 Å². The molecule has 0 aliphatic heterocycles. The fourth-order valence-electron chi connectivity index (χ4n) is 15.9. The van der Waals surface area contributed by atoms with E-state index >= 15 is 0 Å². The molecule has 12 nitrogen and oxygen atoms in total. The summed E-state index contributed by atoms with van der Waals surface area (Å²) in [5.41, 5.74) is -7.92. The molecule has 7 atom stereocenters.